The molecule has 0 aliphatic rings. The first-order valence-electron chi connectivity index (χ1n) is 7.31. The van der Waals surface area contributed by atoms with E-state index in [-0.39, 0.29) is 24.5 Å². The fraction of sp³-hybridized carbons (Fsp3) is 0.500. The van der Waals surface area contributed by atoms with Gasteiger partial charge in [0.1, 0.15) is 0 Å². The summed E-state index contributed by atoms with van der Waals surface area (Å²) in [4.78, 5) is 23.2. The van der Waals surface area contributed by atoms with Gasteiger partial charge in [0.15, 0.2) is 0 Å². The molecule has 6 nitrogen and oxygen atoms in total. The Morgan fingerprint density at radius 2 is 1.91 bits per heavy atom. The van der Waals surface area contributed by atoms with E-state index < -0.39 is 0 Å². The monoisotopic (exact) mass is 307 g/mol. The minimum atomic E-state index is -0.383. The number of amides is 3. The molecular weight excluding hydrogens is 282 g/mol. The van der Waals surface area contributed by atoms with Gasteiger partial charge in [0.2, 0.25) is 5.91 Å². The molecule has 122 valence electrons. The number of nitrogens with one attached hydrogen (secondary N) is 3. The Balaban J connectivity index is 2.37. The predicted molar refractivity (Wildman–Crippen MR) is 85.8 cm³/mol. The molecule has 3 amide bonds. The van der Waals surface area contributed by atoms with E-state index in [1.165, 1.54) is 11.1 Å². The van der Waals surface area contributed by atoms with Gasteiger partial charge in [-0.2, -0.15) is 0 Å². The van der Waals surface area contributed by atoms with Crippen LogP contribution in [0.25, 0.3) is 0 Å². The minimum absolute atomic E-state index is 0.0615. The number of rotatable bonds is 7. The molecule has 1 rings (SSSR count). The lowest BCUT2D eigenvalue weighted by atomic mass is 10.0. The van der Waals surface area contributed by atoms with Gasteiger partial charge >= 0.3 is 6.03 Å². The molecule has 1 aromatic rings. The maximum atomic E-state index is 11.8. The molecule has 1 aromatic carbocycles. The second-order valence-electron chi connectivity index (χ2n) is 5.24. The first-order valence-corrected chi connectivity index (χ1v) is 7.31. The van der Waals surface area contributed by atoms with Crippen LogP contribution in [0.1, 0.15) is 29.7 Å². The molecule has 6 heteroatoms. The van der Waals surface area contributed by atoms with E-state index in [1.54, 1.807) is 7.11 Å². The highest BCUT2D eigenvalue weighted by Gasteiger charge is 2.11. The summed E-state index contributed by atoms with van der Waals surface area (Å²) in [5, 5.41) is 7.94. The number of aryl methyl sites for hydroxylation is 2. The number of benzene rings is 1. The molecule has 0 bridgehead atoms. The molecule has 0 saturated carbocycles. The van der Waals surface area contributed by atoms with Crippen LogP contribution in [0.2, 0.25) is 0 Å². The quantitative estimate of drug-likeness (QED) is 0.667. The highest BCUT2D eigenvalue weighted by molar-refractivity contribution is 5.84. The van der Waals surface area contributed by atoms with Crippen molar-refractivity contribution in [3.63, 3.8) is 0 Å². The van der Waals surface area contributed by atoms with E-state index in [2.05, 4.69) is 28.9 Å². The lowest BCUT2D eigenvalue weighted by Gasteiger charge is -2.16. The van der Waals surface area contributed by atoms with Crippen molar-refractivity contribution in [2.24, 2.45) is 0 Å². The van der Waals surface area contributed by atoms with Gasteiger partial charge in [0.05, 0.1) is 19.2 Å². The van der Waals surface area contributed by atoms with Crippen LogP contribution in [0, 0.1) is 13.8 Å². The zero-order chi connectivity index (χ0) is 16.5. The van der Waals surface area contributed by atoms with Crippen molar-refractivity contribution in [3.8, 4) is 0 Å². The van der Waals surface area contributed by atoms with Crippen LogP contribution in [0.3, 0.4) is 0 Å². The van der Waals surface area contributed by atoms with Crippen LogP contribution in [0.15, 0.2) is 18.2 Å². The summed E-state index contributed by atoms with van der Waals surface area (Å²) in [6, 6.07) is 5.61. The van der Waals surface area contributed by atoms with Crippen molar-refractivity contribution < 1.29 is 14.3 Å². The minimum Gasteiger partial charge on any atom is -0.383 e. The summed E-state index contributed by atoms with van der Waals surface area (Å²) < 4.78 is 4.82. The molecule has 0 aromatic heterocycles. The number of urea groups is 1. The van der Waals surface area contributed by atoms with E-state index in [9.17, 15) is 9.59 Å². The molecule has 0 heterocycles. The Morgan fingerprint density at radius 1 is 1.18 bits per heavy atom. The fourth-order valence-electron chi connectivity index (χ4n) is 1.90. The van der Waals surface area contributed by atoms with Crippen molar-refractivity contribution in [2.45, 2.75) is 26.8 Å². The number of carbonyl (C=O) groups is 2. The molecule has 0 aliphatic carbocycles. The summed E-state index contributed by atoms with van der Waals surface area (Å²) in [5.74, 6) is -0.229. The van der Waals surface area contributed by atoms with Gasteiger partial charge in [-0.1, -0.05) is 18.2 Å². The topological polar surface area (TPSA) is 79.5 Å². The Morgan fingerprint density at radius 3 is 2.55 bits per heavy atom. The molecule has 1 atom stereocenters. The van der Waals surface area contributed by atoms with Gasteiger partial charge in [-0.25, -0.2) is 4.79 Å². The summed E-state index contributed by atoms with van der Waals surface area (Å²) in [7, 11) is 1.56. The Kier molecular flexibility index (Phi) is 7.39. The zero-order valence-corrected chi connectivity index (χ0v) is 13.7. The largest absolute Gasteiger partial charge is 0.383 e. The summed E-state index contributed by atoms with van der Waals surface area (Å²) in [6.45, 7) is 6.79. The van der Waals surface area contributed by atoms with Crippen LogP contribution in [0.4, 0.5) is 4.79 Å². The standard InChI is InChI=1S/C16H25N3O3/c1-11-5-6-14(9-12(11)2)13(3)19-15(20)10-18-16(21)17-7-8-22-4/h5-6,9,13H,7-8,10H2,1-4H3,(H,19,20)(H2,17,18,21)/t13-/m1/s1. The van der Waals surface area contributed by atoms with Crippen molar-refractivity contribution >= 4 is 11.9 Å². The fourth-order valence-corrected chi connectivity index (χ4v) is 1.90. The molecule has 0 saturated heterocycles. The molecular formula is C16H25N3O3. The molecule has 0 radical (unpaired) electrons. The number of hydrogen-bond acceptors (Lipinski definition) is 3. The van der Waals surface area contributed by atoms with Gasteiger partial charge in [0.25, 0.3) is 0 Å². The van der Waals surface area contributed by atoms with E-state index >= 15 is 0 Å². The highest BCUT2D eigenvalue weighted by Crippen LogP contribution is 2.16. The van der Waals surface area contributed by atoms with Gasteiger partial charge in [0, 0.05) is 13.7 Å². The van der Waals surface area contributed by atoms with Crippen LogP contribution in [-0.2, 0) is 9.53 Å². The predicted octanol–water partition coefficient (Wildman–Crippen LogP) is 1.43. The summed E-state index contributed by atoms with van der Waals surface area (Å²) in [6.07, 6.45) is 0. The van der Waals surface area contributed by atoms with Crippen molar-refractivity contribution in [3.05, 3.63) is 34.9 Å². The average molecular weight is 307 g/mol. The Bertz CT molecular complexity index is 517. The molecule has 0 fully saturated rings. The normalized spacial score (nSPS) is 11.6. The second kappa shape index (κ2) is 9.04. The summed E-state index contributed by atoms with van der Waals surface area (Å²) in [5.41, 5.74) is 3.45. The van der Waals surface area contributed by atoms with Gasteiger partial charge in [-0.15, -0.1) is 0 Å². The maximum absolute atomic E-state index is 11.8. The van der Waals surface area contributed by atoms with Crippen LogP contribution < -0.4 is 16.0 Å². The smallest absolute Gasteiger partial charge is 0.315 e. The highest BCUT2D eigenvalue weighted by atomic mass is 16.5. The Labute approximate surface area is 131 Å². The van der Waals surface area contributed by atoms with Crippen LogP contribution >= 0.6 is 0 Å². The van der Waals surface area contributed by atoms with E-state index in [1.807, 2.05) is 26.0 Å². The van der Waals surface area contributed by atoms with Crippen molar-refractivity contribution in [1.29, 1.82) is 0 Å². The number of carbonyl (C=O) groups excluding carboxylic acids is 2. The van der Waals surface area contributed by atoms with Crippen LogP contribution in [0.5, 0.6) is 0 Å². The Hall–Kier alpha value is -2.08. The average Bonchev–Trinajstić information content (AvgIpc) is 2.48. The first-order chi connectivity index (χ1) is 10.4. The zero-order valence-electron chi connectivity index (χ0n) is 13.7. The van der Waals surface area contributed by atoms with E-state index in [4.69, 9.17) is 4.74 Å². The van der Waals surface area contributed by atoms with Crippen molar-refractivity contribution in [2.75, 3.05) is 26.8 Å². The third-order valence-electron chi connectivity index (χ3n) is 3.41. The van der Waals surface area contributed by atoms with Crippen molar-refractivity contribution in [1.82, 2.24) is 16.0 Å². The van der Waals surface area contributed by atoms with Gasteiger partial charge in [-0.05, 0) is 37.5 Å². The first kappa shape index (κ1) is 18.0. The summed E-state index contributed by atoms with van der Waals surface area (Å²) >= 11 is 0. The lowest BCUT2D eigenvalue weighted by Crippen LogP contribution is -2.43. The van der Waals surface area contributed by atoms with Gasteiger partial charge in [-0.3, -0.25) is 4.79 Å². The third-order valence-corrected chi connectivity index (χ3v) is 3.41. The molecule has 3 N–H and O–H groups in total. The SMILES string of the molecule is COCCNC(=O)NCC(=O)N[C@H](C)c1ccc(C)c(C)c1. The number of methoxy groups -OCH3 is 1. The number of ether oxygens (including phenoxy) is 1. The molecule has 0 aliphatic heterocycles. The second-order valence-corrected chi connectivity index (χ2v) is 5.24. The van der Waals surface area contributed by atoms with E-state index in [0.717, 1.165) is 5.56 Å². The lowest BCUT2D eigenvalue weighted by molar-refractivity contribution is -0.120. The number of hydrogen-bond donors (Lipinski definition) is 3. The third kappa shape index (κ3) is 6.13. The molecule has 0 spiro atoms. The van der Waals surface area contributed by atoms with E-state index in [0.29, 0.717) is 13.2 Å². The van der Waals surface area contributed by atoms with Gasteiger partial charge < -0.3 is 20.7 Å². The maximum Gasteiger partial charge on any atom is 0.315 e. The molecule has 0 unspecified atom stereocenters. The molecule has 22 heavy (non-hydrogen) atoms. The van der Waals surface area contributed by atoms with Crippen LogP contribution in [-0.4, -0.2) is 38.7 Å².